The van der Waals surface area contributed by atoms with Crippen molar-refractivity contribution in [3.8, 4) is 5.75 Å². The van der Waals surface area contributed by atoms with Crippen LogP contribution < -0.4 is 26.8 Å². The molecule has 0 aliphatic carbocycles. The van der Waals surface area contributed by atoms with Gasteiger partial charge in [-0.1, -0.05) is 37.6 Å². The number of Topliss-reactive ketones (excluding diaryl/α,β-unsaturated/α-hetero) is 1. The monoisotopic (exact) mass is 849 g/mol. The zero-order valence-corrected chi connectivity index (χ0v) is 32.9. The third-order valence-corrected chi connectivity index (χ3v) is 11.3. The highest BCUT2D eigenvalue weighted by molar-refractivity contribution is 7.89. The van der Waals surface area contributed by atoms with Crippen molar-refractivity contribution in [2.75, 3.05) is 26.7 Å². The molecule has 2 heterocycles. The molecule has 0 saturated carbocycles. The van der Waals surface area contributed by atoms with Crippen LogP contribution in [0.25, 0.3) is 10.2 Å². The molecule has 2 amide bonds. The number of ether oxygens (including phenoxy) is 2. The number of aromatic nitrogens is 1. The van der Waals surface area contributed by atoms with Crippen LogP contribution in [-0.2, 0) is 24.3 Å². The highest BCUT2D eigenvalue weighted by Gasteiger charge is 2.38. The SMILES string of the molecule is COc1ccc(Cl)cc1S(=O)(=O)N1CCC(OC(=O)N[C@@H](CC(C)C)C(=O)N[C@@H](CCCN=C(N)N)C(=O)c2nc3ccccc3s2)CC1.O=C(O)C(F)(F)F. The van der Waals surface area contributed by atoms with Crippen LogP contribution in [0.5, 0.6) is 5.75 Å². The molecule has 16 nitrogen and oxygen atoms in total. The zero-order chi connectivity index (χ0) is 41.8. The van der Waals surface area contributed by atoms with Crippen molar-refractivity contribution < 1.29 is 55.3 Å². The average Bonchev–Trinajstić information content (AvgIpc) is 3.56. The molecule has 0 unspecified atom stereocenters. The van der Waals surface area contributed by atoms with Gasteiger partial charge in [-0.2, -0.15) is 17.5 Å². The molecule has 308 valence electrons. The minimum absolute atomic E-state index is 0.00765. The third-order valence-electron chi connectivity index (χ3n) is 8.06. The fourth-order valence-electron chi connectivity index (χ4n) is 5.38. The Morgan fingerprint density at radius 1 is 1.09 bits per heavy atom. The third kappa shape index (κ3) is 13.5. The smallest absolute Gasteiger partial charge is 0.490 e. The first kappa shape index (κ1) is 45.7. The summed E-state index contributed by atoms with van der Waals surface area (Å²) in [6.45, 7) is 4.26. The van der Waals surface area contributed by atoms with Gasteiger partial charge in [0, 0.05) is 24.7 Å². The number of ketones is 1. The second-order valence-corrected chi connectivity index (χ2v) is 16.2. The van der Waals surface area contributed by atoms with Crippen LogP contribution >= 0.6 is 22.9 Å². The van der Waals surface area contributed by atoms with Crippen molar-refractivity contribution in [1.82, 2.24) is 19.9 Å². The van der Waals surface area contributed by atoms with Crippen LogP contribution in [0, 0.1) is 5.92 Å². The number of methoxy groups -OCH3 is 1. The molecule has 2 atom stereocenters. The molecule has 0 spiro atoms. The van der Waals surface area contributed by atoms with Gasteiger partial charge in [-0.05, 0) is 68.4 Å². The maximum absolute atomic E-state index is 13.6. The van der Waals surface area contributed by atoms with Gasteiger partial charge < -0.3 is 36.7 Å². The van der Waals surface area contributed by atoms with Gasteiger partial charge in [0.05, 0.1) is 23.4 Å². The van der Waals surface area contributed by atoms with Crippen molar-refractivity contribution in [2.45, 2.75) is 75.2 Å². The number of alkyl halides is 3. The Bertz CT molecular complexity index is 1950. The van der Waals surface area contributed by atoms with E-state index in [2.05, 4.69) is 20.6 Å². The summed E-state index contributed by atoms with van der Waals surface area (Å²) in [5, 5.41) is 13.1. The molecule has 1 saturated heterocycles. The van der Waals surface area contributed by atoms with Gasteiger partial charge in [0.1, 0.15) is 22.8 Å². The number of halogens is 4. The molecule has 1 aromatic heterocycles. The maximum atomic E-state index is 13.6. The van der Waals surface area contributed by atoms with Crippen molar-refractivity contribution in [3.05, 3.63) is 52.5 Å². The number of fused-ring (bicyclic) bond motifs is 1. The summed E-state index contributed by atoms with van der Waals surface area (Å²) >= 11 is 7.29. The fraction of sp³-hybridized carbons (Fsp3) is 0.471. The molecule has 0 radical (unpaired) electrons. The molecule has 3 aromatic rings. The predicted octanol–water partition coefficient (Wildman–Crippen LogP) is 4.31. The van der Waals surface area contributed by atoms with Crippen molar-refractivity contribution >= 4 is 72.9 Å². The number of guanidine groups is 1. The van der Waals surface area contributed by atoms with Gasteiger partial charge in [-0.3, -0.25) is 14.6 Å². The van der Waals surface area contributed by atoms with E-state index >= 15 is 0 Å². The molecule has 56 heavy (non-hydrogen) atoms. The van der Waals surface area contributed by atoms with Crippen molar-refractivity contribution in [3.63, 3.8) is 0 Å². The van der Waals surface area contributed by atoms with Gasteiger partial charge in [-0.15, -0.1) is 11.3 Å². The summed E-state index contributed by atoms with van der Waals surface area (Å²) in [6, 6.07) is 9.78. The summed E-state index contributed by atoms with van der Waals surface area (Å²) < 4.78 is 71.4. The summed E-state index contributed by atoms with van der Waals surface area (Å²) in [6.07, 6.45) is -5.09. The number of hydrogen-bond acceptors (Lipinski definition) is 11. The van der Waals surface area contributed by atoms with E-state index in [1.807, 2.05) is 38.1 Å². The van der Waals surface area contributed by atoms with E-state index in [1.54, 1.807) is 6.07 Å². The lowest BCUT2D eigenvalue weighted by Gasteiger charge is -2.31. The number of aliphatic imine (C=N–C) groups is 1. The Hall–Kier alpha value is -4.73. The molecule has 22 heteroatoms. The van der Waals surface area contributed by atoms with Gasteiger partial charge in [-0.25, -0.2) is 23.0 Å². The highest BCUT2D eigenvalue weighted by Crippen LogP contribution is 2.31. The number of carbonyl (C=O) groups is 4. The molecule has 4 rings (SSSR count). The quantitative estimate of drug-likeness (QED) is 0.0622. The Labute approximate surface area is 329 Å². The number of amides is 2. The van der Waals surface area contributed by atoms with Crippen LogP contribution in [-0.4, -0.2) is 104 Å². The Morgan fingerprint density at radius 2 is 1.73 bits per heavy atom. The molecule has 1 fully saturated rings. The van der Waals surface area contributed by atoms with Gasteiger partial charge >= 0.3 is 18.2 Å². The number of alkyl carbamates (subject to hydrolysis) is 1. The Kier molecular flexibility index (Phi) is 16.7. The number of thiazole rings is 1. The maximum Gasteiger partial charge on any atom is 0.490 e. The van der Waals surface area contributed by atoms with Crippen LogP contribution in [0.4, 0.5) is 18.0 Å². The minimum Gasteiger partial charge on any atom is -0.495 e. The number of sulfonamides is 1. The topological polar surface area (TPSA) is 246 Å². The molecule has 2 aromatic carbocycles. The second kappa shape index (κ2) is 20.4. The van der Waals surface area contributed by atoms with Gasteiger partial charge in [0.25, 0.3) is 0 Å². The molecule has 7 N–H and O–H groups in total. The van der Waals surface area contributed by atoms with Crippen molar-refractivity contribution in [1.29, 1.82) is 0 Å². The number of nitrogens with two attached hydrogens (primary N) is 2. The van der Waals surface area contributed by atoms with E-state index in [9.17, 15) is 36.0 Å². The summed E-state index contributed by atoms with van der Waals surface area (Å²) in [7, 11) is -2.54. The number of para-hydroxylation sites is 1. The van der Waals surface area contributed by atoms with E-state index in [-0.39, 0.29) is 83.7 Å². The standard InChI is InChI=1S/C32H42ClN7O7S2.C2HF3O2/c1-19(2)17-24(29(42)37-23(8-6-14-36-31(34)35)28(41)30-38-22-7-4-5-9-26(22)48-30)39-32(43)47-21-12-15-40(16-13-21)49(44,45)27-18-20(33)10-11-25(27)46-3;3-2(4,5)1(6)7/h4-5,7,9-11,18-19,21,23-24H,6,8,12-17H2,1-3H3,(H,37,42)(H,39,43)(H4,34,35,36);(H,6,7)/t23-,24-;/m0./s1. The number of aliphatic carboxylic acids is 1. The van der Waals surface area contributed by atoms with E-state index in [4.69, 9.17) is 42.4 Å². The van der Waals surface area contributed by atoms with E-state index in [1.165, 1.54) is 34.9 Å². The highest BCUT2D eigenvalue weighted by atomic mass is 35.5. The molecular formula is C34H43ClF3N7O9S2. The Balaban J connectivity index is 0.00000109. The first-order valence-corrected chi connectivity index (χ1v) is 19.7. The summed E-state index contributed by atoms with van der Waals surface area (Å²) in [5.41, 5.74) is 11.6. The number of nitrogens with zero attached hydrogens (tertiary/aromatic N) is 3. The number of carboxylic acids is 1. The van der Waals surface area contributed by atoms with E-state index in [0.717, 1.165) is 4.70 Å². The Morgan fingerprint density at radius 3 is 2.30 bits per heavy atom. The number of benzene rings is 2. The number of carbonyl (C=O) groups excluding carboxylic acids is 3. The number of nitrogens with one attached hydrogen (secondary N) is 2. The van der Waals surface area contributed by atoms with E-state index in [0.29, 0.717) is 11.9 Å². The fourth-order valence-corrected chi connectivity index (χ4v) is 8.23. The largest absolute Gasteiger partial charge is 0.495 e. The lowest BCUT2D eigenvalue weighted by atomic mass is 10.0. The first-order valence-electron chi connectivity index (χ1n) is 17.1. The van der Waals surface area contributed by atoms with Gasteiger partial charge in [0.15, 0.2) is 11.0 Å². The lowest BCUT2D eigenvalue weighted by Crippen LogP contribution is -2.52. The van der Waals surface area contributed by atoms with Crippen molar-refractivity contribution in [2.24, 2.45) is 22.4 Å². The normalized spacial score (nSPS) is 14.9. The molecule has 0 bridgehead atoms. The predicted molar refractivity (Wildman–Crippen MR) is 202 cm³/mol. The van der Waals surface area contributed by atoms with Crippen LogP contribution in [0.3, 0.4) is 0 Å². The second-order valence-electron chi connectivity index (χ2n) is 12.8. The van der Waals surface area contributed by atoms with Crippen LogP contribution in [0.2, 0.25) is 5.02 Å². The summed E-state index contributed by atoms with van der Waals surface area (Å²) in [4.78, 5) is 57.6. The van der Waals surface area contributed by atoms with Gasteiger partial charge in [0.2, 0.25) is 21.7 Å². The number of carboxylic acid groups (broad SMARTS) is 1. The zero-order valence-electron chi connectivity index (χ0n) is 30.5. The number of hydrogen-bond donors (Lipinski definition) is 5. The van der Waals surface area contributed by atoms with Crippen LogP contribution in [0.15, 0.2) is 52.4 Å². The van der Waals surface area contributed by atoms with Crippen LogP contribution in [0.1, 0.15) is 55.8 Å². The van der Waals surface area contributed by atoms with E-state index < -0.39 is 52.4 Å². The molecule has 1 aliphatic heterocycles. The molecular weight excluding hydrogens is 807 g/mol. The number of rotatable bonds is 15. The number of piperidine rings is 1. The average molecular weight is 850 g/mol. The minimum atomic E-state index is -5.08. The lowest BCUT2D eigenvalue weighted by molar-refractivity contribution is -0.192. The first-order chi connectivity index (χ1) is 26.2. The molecule has 1 aliphatic rings. The summed E-state index contributed by atoms with van der Waals surface area (Å²) in [5.74, 6) is -3.56.